The standard InChI is InChI=1S/C31H37N3O5S/c1-23-13-19-29(20-14-23)40(37,38)34(27-15-17-28(39-3)18-16-27)22-30(35)33(21-25-9-5-4-6-10-25)24(2)31(36)32-26-11-7-8-12-26/h4-6,9-10,13-20,24,26H,7-8,11-12,21-22H2,1-3H3,(H,32,36)/t24-/m0/s1. The van der Waals surface area contributed by atoms with Crippen molar-refractivity contribution in [3.63, 3.8) is 0 Å². The third-order valence-electron chi connectivity index (χ3n) is 7.31. The van der Waals surface area contributed by atoms with Crippen LogP contribution >= 0.6 is 0 Å². The van der Waals surface area contributed by atoms with Gasteiger partial charge in [0.15, 0.2) is 0 Å². The van der Waals surface area contributed by atoms with Crippen molar-refractivity contribution in [3.8, 4) is 5.75 Å². The first-order valence-electron chi connectivity index (χ1n) is 13.6. The Labute approximate surface area is 237 Å². The first kappa shape index (κ1) is 29.1. The molecular weight excluding hydrogens is 526 g/mol. The molecule has 0 saturated heterocycles. The summed E-state index contributed by atoms with van der Waals surface area (Å²) >= 11 is 0. The maximum Gasteiger partial charge on any atom is 0.264 e. The second kappa shape index (κ2) is 13.0. The first-order chi connectivity index (χ1) is 19.2. The van der Waals surface area contributed by atoms with Gasteiger partial charge in [0.1, 0.15) is 18.3 Å². The zero-order valence-corrected chi connectivity index (χ0v) is 24.1. The van der Waals surface area contributed by atoms with Crippen LogP contribution < -0.4 is 14.4 Å². The van der Waals surface area contributed by atoms with Gasteiger partial charge in [-0.2, -0.15) is 0 Å². The summed E-state index contributed by atoms with van der Waals surface area (Å²) in [6.07, 6.45) is 3.98. The minimum atomic E-state index is -4.11. The molecule has 40 heavy (non-hydrogen) atoms. The van der Waals surface area contributed by atoms with E-state index in [4.69, 9.17) is 4.74 Å². The van der Waals surface area contributed by atoms with Gasteiger partial charge in [-0.3, -0.25) is 13.9 Å². The summed E-state index contributed by atoms with van der Waals surface area (Å²) < 4.78 is 34.1. The highest BCUT2D eigenvalue weighted by Gasteiger charge is 2.33. The average molecular weight is 564 g/mol. The second-order valence-corrected chi connectivity index (χ2v) is 12.1. The summed E-state index contributed by atoms with van der Waals surface area (Å²) in [6, 6.07) is 21.7. The molecule has 0 aliphatic heterocycles. The van der Waals surface area contributed by atoms with E-state index < -0.39 is 28.5 Å². The van der Waals surface area contributed by atoms with Gasteiger partial charge in [0.05, 0.1) is 17.7 Å². The number of ether oxygens (including phenoxy) is 1. The van der Waals surface area contributed by atoms with Crippen molar-refractivity contribution in [3.05, 3.63) is 90.0 Å². The first-order valence-corrected chi connectivity index (χ1v) is 15.0. The lowest BCUT2D eigenvalue weighted by Crippen LogP contribution is -2.52. The zero-order chi connectivity index (χ0) is 28.7. The molecule has 4 rings (SSSR count). The highest BCUT2D eigenvalue weighted by atomic mass is 32.2. The Morgan fingerprint density at radius 1 is 0.950 bits per heavy atom. The molecule has 212 valence electrons. The fourth-order valence-electron chi connectivity index (χ4n) is 4.87. The molecule has 0 spiro atoms. The lowest BCUT2D eigenvalue weighted by atomic mass is 10.1. The number of rotatable bonds is 11. The predicted molar refractivity (Wildman–Crippen MR) is 156 cm³/mol. The molecule has 1 fully saturated rings. The number of hydrogen-bond donors (Lipinski definition) is 1. The van der Waals surface area contributed by atoms with E-state index in [1.165, 1.54) is 24.1 Å². The SMILES string of the molecule is COc1ccc(N(CC(=O)N(Cc2ccccc2)[C@@H](C)C(=O)NC2CCCC2)S(=O)(=O)c2ccc(C)cc2)cc1. The Balaban J connectivity index is 1.67. The van der Waals surface area contributed by atoms with E-state index in [0.29, 0.717) is 11.4 Å². The normalized spacial score (nSPS) is 14.4. The van der Waals surface area contributed by atoms with E-state index in [-0.39, 0.29) is 23.4 Å². The molecule has 0 radical (unpaired) electrons. The van der Waals surface area contributed by atoms with Crippen molar-refractivity contribution < 1.29 is 22.7 Å². The molecule has 2 amide bonds. The molecule has 1 aliphatic carbocycles. The molecule has 0 heterocycles. The molecule has 0 aromatic heterocycles. The quantitative estimate of drug-likeness (QED) is 0.366. The lowest BCUT2D eigenvalue weighted by Gasteiger charge is -2.32. The van der Waals surface area contributed by atoms with Crippen LogP contribution in [0.4, 0.5) is 5.69 Å². The Morgan fingerprint density at radius 2 is 1.57 bits per heavy atom. The fraction of sp³-hybridized carbons (Fsp3) is 0.355. The zero-order valence-electron chi connectivity index (χ0n) is 23.2. The minimum absolute atomic E-state index is 0.0725. The minimum Gasteiger partial charge on any atom is -0.497 e. The van der Waals surface area contributed by atoms with Crippen LogP contribution in [0.25, 0.3) is 0 Å². The van der Waals surface area contributed by atoms with Gasteiger partial charge in [-0.15, -0.1) is 0 Å². The Morgan fingerprint density at radius 3 is 2.17 bits per heavy atom. The van der Waals surface area contributed by atoms with E-state index in [9.17, 15) is 18.0 Å². The molecular formula is C31H37N3O5S. The molecule has 3 aromatic carbocycles. The molecule has 9 heteroatoms. The van der Waals surface area contributed by atoms with E-state index >= 15 is 0 Å². The maximum atomic E-state index is 14.0. The van der Waals surface area contributed by atoms with Crippen molar-refractivity contribution >= 4 is 27.5 Å². The predicted octanol–water partition coefficient (Wildman–Crippen LogP) is 4.68. The number of nitrogens with one attached hydrogen (secondary N) is 1. The van der Waals surface area contributed by atoms with Crippen LogP contribution in [0.1, 0.15) is 43.7 Å². The maximum absolute atomic E-state index is 14.0. The van der Waals surface area contributed by atoms with Crippen molar-refractivity contribution in [2.24, 2.45) is 0 Å². The molecule has 0 unspecified atom stereocenters. The van der Waals surface area contributed by atoms with E-state index in [0.717, 1.165) is 41.1 Å². The van der Waals surface area contributed by atoms with E-state index in [1.54, 1.807) is 43.3 Å². The largest absolute Gasteiger partial charge is 0.497 e. The number of carbonyl (C=O) groups excluding carboxylic acids is 2. The number of methoxy groups -OCH3 is 1. The van der Waals surface area contributed by atoms with Gasteiger partial charge in [-0.1, -0.05) is 60.9 Å². The number of sulfonamides is 1. The Bertz CT molecular complexity index is 1390. The van der Waals surface area contributed by atoms with Gasteiger partial charge >= 0.3 is 0 Å². The second-order valence-electron chi connectivity index (χ2n) is 10.2. The Kier molecular flexibility index (Phi) is 9.47. The van der Waals surface area contributed by atoms with Gasteiger partial charge in [-0.25, -0.2) is 8.42 Å². The molecule has 1 saturated carbocycles. The summed E-state index contributed by atoms with van der Waals surface area (Å²) in [4.78, 5) is 28.8. The number of anilines is 1. The van der Waals surface area contributed by atoms with Crippen molar-refractivity contribution in [2.45, 2.75) is 63.1 Å². The van der Waals surface area contributed by atoms with E-state index in [1.807, 2.05) is 37.3 Å². The monoisotopic (exact) mass is 563 g/mol. The molecule has 1 aliphatic rings. The summed E-state index contributed by atoms with van der Waals surface area (Å²) in [5.74, 6) is -0.163. The number of amides is 2. The number of benzene rings is 3. The van der Waals surface area contributed by atoms with Crippen LogP contribution in [-0.2, 0) is 26.2 Å². The third-order valence-corrected chi connectivity index (χ3v) is 9.10. The average Bonchev–Trinajstić information content (AvgIpc) is 3.48. The number of carbonyl (C=O) groups is 2. The molecule has 3 aromatic rings. The summed E-state index contributed by atoms with van der Waals surface area (Å²) in [5.41, 5.74) is 2.08. The number of hydrogen-bond acceptors (Lipinski definition) is 5. The van der Waals surface area contributed by atoms with Gasteiger partial charge < -0.3 is 15.0 Å². The van der Waals surface area contributed by atoms with Gasteiger partial charge in [0, 0.05) is 12.6 Å². The topological polar surface area (TPSA) is 96.0 Å². The number of nitrogens with zero attached hydrogens (tertiary/aromatic N) is 2. The smallest absolute Gasteiger partial charge is 0.264 e. The van der Waals surface area contributed by atoms with Crippen LogP contribution in [0.3, 0.4) is 0 Å². The van der Waals surface area contributed by atoms with Crippen LogP contribution in [0, 0.1) is 6.92 Å². The lowest BCUT2D eigenvalue weighted by molar-refractivity contribution is -0.139. The Hall–Kier alpha value is -3.85. The molecule has 8 nitrogen and oxygen atoms in total. The summed E-state index contributed by atoms with van der Waals surface area (Å²) in [6.45, 7) is 3.26. The van der Waals surface area contributed by atoms with E-state index in [2.05, 4.69) is 5.32 Å². The fourth-order valence-corrected chi connectivity index (χ4v) is 6.28. The third kappa shape index (κ3) is 7.01. The van der Waals surface area contributed by atoms with Gasteiger partial charge in [0.25, 0.3) is 10.0 Å². The van der Waals surface area contributed by atoms with Gasteiger partial charge in [-0.05, 0) is 68.7 Å². The molecule has 1 atom stereocenters. The number of aryl methyl sites for hydroxylation is 1. The summed E-state index contributed by atoms with van der Waals surface area (Å²) in [7, 11) is -2.59. The highest BCUT2D eigenvalue weighted by molar-refractivity contribution is 7.92. The van der Waals surface area contributed by atoms with Crippen LogP contribution in [0.5, 0.6) is 5.75 Å². The molecule has 1 N–H and O–H groups in total. The van der Waals surface area contributed by atoms with Crippen LogP contribution in [-0.4, -0.2) is 50.9 Å². The van der Waals surface area contributed by atoms with Crippen molar-refractivity contribution in [1.29, 1.82) is 0 Å². The summed E-state index contributed by atoms with van der Waals surface area (Å²) in [5, 5.41) is 3.08. The highest BCUT2D eigenvalue weighted by Crippen LogP contribution is 2.27. The van der Waals surface area contributed by atoms with Crippen LogP contribution in [0.2, 0.25) is 0 Å². The van der Waals surface area contributed by atoms with Crippen molar-refractivity contribution in [2.75, 3.05) is 18.0 Å². The molecule has 0 bridgehead atoms. The van der Waals surface area contributed by atoms with Gasteiger partial charge in [0.2, 0.25) is 11.8 Å². The van der Waals surface area contributed by atoms with Crippen LogP contribution in [0.15, 0.2) is 83.8 Å². The van der Waals surface area contributed by atoms with Crippen molar-refractivity contribution in [1.82, 2.24) is 10.2 Å².